The maximum atomic E-state index is 13.7. The summed E-state index contributed by atoms with van der Waals surface area (Å²) in [5.74, 6) is -1.80. The molecule has 13 nitrogen and oxygen atoms in total. The van der Waals surface area contributed by atoms with E-state index in [0.29, 0.717) is 41.9 Å². The van der Waals surface area contributed by atoms with Crippen molar-refractivity contribution in [2.24, 2.45) is 5.92 Å². The highest BCUT2D eigenvalue weighted by Crippen LogP contribution is 2.34. The van der Waals surface area contributed by atoms with E-state index >= 15 is 0 Å². The lowest BCUT2D eigenvalue weighted by Crippen LogP contribution is -2.27. The highest BCUT2D eigenvalue weighted by atomic mass is 35.5. The van der Waals surface area contributed by atoms with E-state index < -0.39 is 41.9 Å². The Bertz CT molecular complexity index is 2060. The minimum absolute atomic E-state index is 0.134. The molecular weight excluding hydrogens is 643 g/mol. The van der Waals surface area contributed by atoms with Crippen molar-refractivity contribution in [1.29, 1.82) is 0 Å². The number of hydrogen-bond donors (Lipinski definition) is 2. The van der Waals surface area contributed by atoms with Gasteiger partial charge in [0.1, 0.15) is 6.54 Å². The molecule has 0 spiro atoms. The van der Waals surface area contributed by atoms with Gasteiger partial charge in [-0.2, -0.15) is 18.3 Å². The first-order valence-electron chi connectivity index (χ1n) is 14.3. The van der Waals surface area contributed by atoms with Crippen LogP contribution in [0.2, 0.25) is 5.02 Å². The first kappa shape index (κ1) is 31.6. The van der Waals surface area contributed by atoms with Crippen LogP contribution in [0, 0.1) is 5.92 Å². The first-order valence-corrected chi connectivity index (χ1v) is 14.7. The maximum absolute atomic E-state index is 13.7. The van der Waals surface area contributed by atoms with Gasteiger partial charge in [-0.05, 0) is 43.2 Å². The Morgan fingerprint density at radius 2 is 1.94 bits per heavy atom. The smallest absolute Gasteiger partial charge is 0.436 e. The molecule has 2 N–H and O–H groups in total. The van der Waals surface area contributed by atoms with Crippen LogP contribution in [0.1, 0.15) is 43.6 Å². The van der Waals surface area contributed by atoms with Crippen molar-refractivity contribution in [1.82, 2.24) is 39.3 Å². The normalized spacial score (nSPS) is 16.9. The van der Waals surface area contributed by atoms with Crippen LogP contribution in [0.25, 0.3) is 28.2 Å². The van der Waals surface area contributed by atoms with Crippen LogP contribution in [0.5, 0.6) is 0 Å². The number of carbonyl (C=O) groups excluding carboxylic acids is 1. The molecule has 5 aromatic rings. The van der Waals surface area contributed by atoms with Gasteiger partial charge in [0.2, 0.25) is 5.91 Å². The zero-order chi connectivity index (χ0) is 33.5. The number of amides is 1. The zero-order valence-electron chi connectivity index (χ0n) is 24.5. The number of alkyl halides is 3. The van der Waals surface area contributed by atoms with Gasteiger partial charge in [0.15, 0.2) is 5.69 Å². The van der Waals surface area contributed by atoms with Crippen LogP contribution in [-0.4, -0.2) is 56.3 Å². The lowest BCUT2D eigenvalue weighted by molar-refractivity contribution is -0.141. The summed E-state index contributed by atoms with van der Waals surface area (Å²) in [7, 11) is 0. The number of aliphatic carboxylic acids is 1. The number of rotatable bonds is 5. The van der Waals surface area contributed by atoms with E-state index in [1.165, 1.54) is 52.2 Å². The van der Waals surface area contributed by atoms with Gasteiger partial charge in [-0.3, -0.25) is 28.6 Å². The fraction of sp³-hybridized carbons (Fsp3) is 0.267. The summed E-state index contributed by atoms with van der Waals surface area (Å²) in [4.78, 5) is 47.3. The van der Waals surface area contributed by atoms with Gasteiger partial charge in [0.25, 0.3) is 5.56 Å². The molecule has 0 fully saturated rings. The molecule has 0 aliphatic carbocycles. The minimum atomic E-state index is -4.71. The lowest BCUT2D eigenvalue weighted by Gasteiger charge is -2.22. The number of aromatic nitrogens is 8. The van der Waals surface area contributed by atoms with E-state index in [9.17, 15) is 32.7 Å². The summed E-state index contributed by atoms with van der Waals surface area (Å²) in [5.41, 5.74) is 0.593. The second-order valence-corrected chi connectivity index (χ2v) is 11.4. The number of carboxylic acids is 1. The van der Waals surface area contributed by atoms with Crippen molar-refractivity contribution in [2.75, 3.05) is 5.32 Å². The molecule has 1 aliphatic rings. The van der Waals surface area contributed by atoms with Crippen molar-refractivity contribution in [2.45, 2.75) is 44.9 Å². The molecule has 1 amide bonds. The van der Waals surface area contributed by atoms with Gasteiger partial charge < -0.3 is 10.4 Å². The van der Waals surface area contributed by atoms with Crippen molar-refractivity contribution in [3.63, 3.8) is 0 Å². The zero-order valence-corrected chi connectivity index (χ0v) is 25.3. The van der Waals surface area contributed by atoms with E-state index in [1.54, 1.807) is 19.1 Å². The predicted molar refractivity (Wildman–Crippen MR) is 162 cm³/mol. The Labute approximate surface area is 268 Å². The molecule has 1 aromatic carbocycles. The Kier molecular flexibility index (Phi) is 8.36. The van der Waals surface area contributed by atoms with Gasteiger partial charge in [-0.25, -0.2) is 9.67 Å². The number of fused-ring (bicyclic) bond motifs is 4. The van der Waals surface area contributed by atoms with E-state index in [0.717, 1.165) is 10.9 Å². The van der Waals surface area contributed by atoms with E-state index in [2.05, 4.69) is 30.7 Å². The summed E-state index contributed by atoms with van der Waals surface area (Å²) in [5, 5.41) is 23.6. The second kappa shape index (κ2) is 12.4. The summed E-state index contributed by atoms with van der Waals surface area (Å²) in [6.07, 6.45) is 1.68. The molecular formula is C30H25ClF3N9O4. The van der Waals surface area contributed by atoms with Gasteiger partial charge in [0, 0.05) is 34.3 Å². The minimum Gasteiger partial charge on any atom is -0.480 e. The van der Waals surface area contributed by atoms with Gasteiger partial charge in [-0.1, -0.05) is 30.2 Å². The van der Waals surface area contributed by atoms with Crippen molar-refractivity contribution in [3.8, 4) is 28.2 Å². The molecule has 17 heteroatoms. The molecule has 0 radical (unpaired) electrons. The quantitative estimate of drug-likeness (QED) is 0.267. The second-order valence-electron chi connectivity index (χ2n) is 11.0. The van der Waals surface area contributed by atoms with Crippen LogP contribution < -0.4 is 10.9 Å². The molecule has 0 saturated heterocycles. The molecule has 242 valence electrons. The summed E-state index contributed by atoms with van der Waals surface area (Å²) in [6, 6.07) is 8.34. The van der Waals surface area contributed by atoms with Gasteiger partial charge >= 0.3 is 12.1 Å². The molecule has 2 atom stereocenters. The Morgan fingerprint density at radius 1 is 1.13 bits per heavy atom. The number of pyridine rings is 1. The third-order valence-electron chi connectivity index (χ3n) is 7.78. The molecule has 1 aliphatic heterocycles. The van der Waals surface area contributed by atoms with Crippen molar-refractivity contribution < 1.29 is 27.9 Å². The largest absolute Gasteiger partial charge is 0.480 e. The van der Waals surface area contributed by atoms with E-state index in [-0.39, 0.29) is 27.9 Å². The van der Waals surface area contributed by atoms with Crippen molar-refractivity contribution in [3.05, 3.63) is 88.1 Å². The number of hydrogen-bond acceptors (Lipinski definition) is 8. The fourth-order valence-electron chi connectivity index (χ4n) is 5.46. The summed E-state index contributed by atoms with van der Waals surface area (Å²) in [6.45, 7) is 1.32. The monoisotopic (exact) mass is 667 g/mol. The number of nitrogens with zero attached hydrogens (tertiary/aromatic N) is 8. The molecule has 5 heterocycles. The van der Waals surface area contributed by atoms with Gasteiger partial charge in [-0.15, -0.1) is 5.10 Å². The lowest BCUT2D eigenvalue weighted by atomic mass is 9.97. The summed E-state index contributed by atoms with van der Waals surface area (Å²) < 4.78 is 43.3. The van der Waals surface area contributed by atoms with Crippen LogP contribution in [0.3, 0.4) is 0 Å². The number of anilines is 1. The third kappa shape index (κ3) is 6.49. The van der Waals surface area contributed by atoms with Crippen LogP contribution in [-0.2, 0) is 22.3 Å². The molecule has 4 aromatic heterocycles. The highest BCUT2D eigenvalue weighted by molar-refractivity contribution is 6.31. The molecule has 2 bridgehead atoms. The highest BCUT2D eigenvalue weighted by Gasteiger charge is 2.35. The number of halogens is 4. The average molecular weight is 668 g/mol. The Morgan fingerprint density at radius 3 is 2.66 bits per heavy atom. The fourth-order valence-corrected chi connectivity index (χ4v) is 5.63. The number of benzene rings is 1. The third-order valence-corrected chi connectivity index (χ3v) is 8.01. The van der Waals surface area contributed by atoms with E-state index in [4.69, 9.17) is 11.6 Å². The topological polar surface area (TPSA) is 163 Å². The van der Waals surface area contributed by atoms with Crippen LogP contribution in [0.15, 0.2) is 66.1 Å². The SMILES string of the molecule is C[C@@H]1CCC[C@H](n2cnc(-c3cc(Cl)ccc3-n3cc(C(F)(F)F)nn3)cc2=O)c2cc(ccn2)-c2c(cnn2CC(=O)O)NC1=O. The van der Waals surface area contributed by atoms with E-state index in [1.807, 2.05) is 0 Å². The number of carbonyl (C=O) groups is 2. The number of carboxylic acid groups (broad SMARTS) is 1. The first-order chi connectivity index (χ1) is 22.4. The molecule has 0 saturated carbocycles. The van der Waals surface area contributed by atoms with Crippen LogP contribution >= 0.6 is 11.6 Å². The number of nitrogens with one attached hydrogen (secondary N) is 1. The predicted octanol–water partition coefficient (Wildman–Crippen LogP) is 4.85. The molecule has 0 unspecified atom stereocenters. The van der Waals surface area contributed by atoms with Gasteiger partial charge in [0.05, 0.1) is 53.2 Å². The maximum Gasteiger partial charge on any atom is 0.436 e. The standard InChI is InChI=1S/C30H25ClF3N9O4/c1-16-3-2-4-24(21-9-17(7-8-35-21)28-22(38-29(16)47)12-37-43(28)14-27(45)46)41-15-36-20(11-26(41)44)19-10-18(31)5-6-23(19)42-13-25(39-40-42)30(32,33)34/h5-13,15-16,24H,2-4,14H2,1H3,(H,38,47)(H,45,46)/t16-,24+/m1/s1. The molecule has 47 heavy (non-hydrogen) atoms. The Hall–Kier alpha value is -5.38. The summed E-state index contributed by atoms with van der Waals surface area (Å²) >= 11 is 6.23. The molecule has 6 rings (SSSR count). The Balaban J connectivity index is 1.43. The van der Waals surface area contributed by atoms with Crippen molar-refractivity contribution >= 4 is 29.2 Å². The van der Waals surface area contributed by atoms with Crippen LogP contribution in [0.4, 0.5) is 18.9 Å². The average Bonchev–Trinajstić information content (AvgIpc) is 3.67.